The third-order valence-electron chi connectivity index (χ3n) is 1.41. The Bertz CT molecular complexity index is 284. The normalized spacial score (nSPS) is 9.50. The maximum Gasteiger partial charge on any atom is 0.151 e. The Balaban J connectivity index is 2.96. The van der Waals surface area contributed by atoms with Gasteiger partial charge in [0.05, 0.1) is 6.61 Å². The molecule has 0 aliphatic heterocycles. The average molecular weight is 276 g/mol. The molecule has 0 fully saturated rings. The standard InChI is InChI=1S/C9H9IO2/c1-2-12-8-3-4-9(10)7(5-8)6-11/h3-6H,2H2,1H3. The molecule has 0 aromatic heterocycles. The summed E-state index contributed by atoms with van der Waals surface area (Å²) in [5, 5.41) is 0. The first-order chi connectivity index (χ1) is 5.77. The molecule has 0 N–H and O–H groups in total. The van der Waals surface area contributed by atoms with Crippen LogP contribution in [0.4, 0.5) is 0 Å². The molecule has 0 saturated heterocycles. The minimum atomic E-state index is 0.624. The zero-order valence-corrected chi connectivity index (χ0v) is 8.87. The first kappa shape index (κ1) is 9.51. The van der Waals surface area contributed by atoms with E-state index in [0.717, 1.165) is 15.6 Å². The van der Waals surface area contributed by atoms with Crippen LogP contribution in [-0.4, -0.2) is 12.9 Å². The third-order valence-corrected chi connectivity index (χ3v) is 2.39. The van der Waals surface area contributed by atoms with Gasteiger partial charge in [-0.05, 0) is 47.7 Å². The zero-order chi connectivity index (χ0) is 8.97. The Morgan fingerprint density at radius 1 is 1.58 bits per heavy atom. The van der Waals surface area contributed by atoms with E-state index < -0.39 is 0 Å². The first-order valence-corrected chi connectivity index (χ1v) is 4.73. The quantitative estimate of drug-likeness (QED) is 0.626. The minimum Gasteiger partial charge on any atom is -0.494 e. The molecule has 0 amide bonds. The van der Waals surface area contributed by atoms with E-state index >= 15 is 0 Å². The first-order valence-electron chi connectivity index (χ1n) is 3.65. The average Bonchev–Trinajstić information content (AvgIpc) is 2.09. The van der Waals surface area contributed by atoms with Crippen molar-refractivity contribution in [2.75, 3.05) is 6.61 Å². The molecule has 0 spiro atoms. The maximum absolute atomic E-state index is 10.5. The lowest BCUT2D eigenvalue weighted by molar-refractivity contribution is 0.112. The molecular weight excluding hydrogens is 267 g/mol. The predicted molar refractivity (Wildman–Crippen MR) is 55.7 cm³/mol. The highest BCUT2D eigenvalue weighted by atomic mass is 127. The van der Waals surface area contributed by atoms with Crippen LogP contribution in [0.5, 0.6) is 5.75 Å². The zero-order valence-electron chi connectivity index (χ0n) is 6.71. The number of rotatable bonds is 3. The number of halogens is 1. The molecule has 64 valence electrons. The van der Waals surface area contributed by atoms with Crippen LogP contribution in [0.25, 0.3) is 0 Å². The number of aldehydes is 1. The molecule has 1 rings (SSSR count). The van der Waals surface area contributed by atoms with Crippen LogP contribution in [0.1, 0.15) is 17.3 Å². The van der Waals surface area contributed by atoms with Crippen LogP contribution in [0.15, 0.2) is 18.2 Å². The molecule has 2 nitrogen and oxygen atoms in total. The van der Waals surface area contributed by atoms with Gasteiger partial charge in [-0.1, -0.05) is 0 Å². The molecule has 0 aliphatic rings. The Labute approximate surface area is 85.1 Å². The molecule has 3 heteroatoms. The van der Waals surface area contributed by atoms with Crippen LogP contribution in [0.3, 0.4) is 0 Å². The summed E-state index contributed by atoms with van der Waals surface area (Å²) in [4.78, 5) is 10.5. The fourth-order valence-corrected chi connectivity index (χ4v) is 1.33. The van der Waals surface area contributed by atoms with Gasteiger partial charge in [0.1, 0.15) is 5.75 Å². The molecule has 0 aliphatic carbocycles. The SMILES string of the molecule is CCOc1ccc(I)c(C=O)c1. The van der Waals surface area contributed by atoms with E-state index in [-0.39, 0.29) is 0 Å². The second-order valence-corrected chi connectivity index (χ2v) is 3.40. The van der Waals surface area contributed by atoms with Gasteiger partial charge in [0.25, 0.3) is 0 Å². The number of hydrogen-bond donors (Lipinski definition) is 0. The monoisotopic (exact) mass is 276 g/mol. The molecule has 1 aromatic rings. The Morgan fingerprint density at radius 3 is 2.92 bits per heavy atom. The maximum atomic E-state index is 10.5. The van der Waals surface area contributed by atoms with E-state index in [2.05, 4.69) is 22.6 Å². The van der Waals surface area contributed by atoms with Gasteiger partial charge in [-0.3, -0.25) is 4.79 Å². The highest BCUT2D eigenvalue weighted by Gasteiger charge is 1.99. The molecule has 0 saturated carbocycles. The molecule has 0 bridgehead atoms. The fraction of sp³-hybridized carbons (Fsp3) is 0.222. The largest absolute Gasteiger partial charge is 0.494 e. The topological polar surface area (TPSA) is 26.3 Å². The predicted octanol–water partition coefficient (Wildman–Crippen LogP) is 2.50. The van der Waals surface area contributed by atoms with Gasteiger partial charge < -0.3 is 4.74 Å². The summed E-state index contributed by atoms with van der Waals surface area (Å²) in [5.41, 5.74) is 0.682. The van der Waals surface area contributed by atoms with Gasteiger partial charge in [-0.25, -0.2) is 0 Å². The minimum absolute atomic E-state index is 0.624. The van der Waals surface area contributed by atoms with Crippen LogP contribution in [-0.2, 0) is 0 Å². The molecule has 0 atom stereocenters. The van der Waals surface area contributed by atoms with Crippen LogP contribution < -0.4 is 4.74 Å². The summed E-state index contributed by atoms with van der Waals surface area (Å²) in [6.45, 7) is 2.54. The lowest BCUT2D eigenvalue weighted by Crippen LogP contribution is -1.93. The van der Waals surface area contributed by atoms with Gasteiger partial charge in [-0.2, -0.15) is 0 Å². The summed E-state index contributed by atoms with van der Waals surface area (Å²) in [5.74, 6) is 0.750. The number of carbonyl (C=O) groups is 1. The van der Waals surface area contributed by atoms with E-state index in [0.29, 0.717) is 12.2 Å². The summed E-state index contributed by atoms with van der Waals surface area (Å²) in [7, 11) is 0. The highest BCUT2D eigenvalue weighted by molar-refractivity contribution is 14.1. The van der Waals surface area contributed by atoms with Gasteiger partial charge >= 0.3 is 0 Å². The van der Waals surface area contributed by atoms with E-state index in [1.165, 1.54) is 0 Å². The Morgan fingerprint density at radius 2 is 2.33 bits per heavy atom. The summed E-state index contributed by atoms with van der Waals surface area (Å²) >= 11 is 2.12. The number of benzene rings is 1. The van der Waals surface area contributed by atoms with Crippen molar-refractivity contribution in [3.8, 4) is 5.75 Å². The van der Waals surface area contributed by atoms with Crippen molar-refractivity contribution in [3.05, 3.63) is 27.3 Å². The van der Waals surface area contributed by atoms with Crippen molar-refractivity contribution in [2.24, 2.45) is 0 Å². The second kappa shape index (κ2) is 4.45. The van der Waals surface area contributed by atoms with Gasteiger partial charge in [0.15, 0.2) is 6.29 Å². The van der Waals surface area contributed by atoms with E-state index in [9.17, 15) is 4.79 Å². The van der Waals surface area contributed by atoms with Crippen molar-refractivity contribution < 1.29 is 9.53 Å². The molecular formula is C9H9IO2. The van der Waals surface area contributed by atoms with Gasteiger partial charge in [0.2, 0.25) is 0 Å². The Hall–Kier alpha value is -0.580. The summed E-state index contributed by atoms with van der Waals surface area (Å²) in [6, 6.07) is 5.48. The van der Waals surface area contributed by atoms with Crippen LogP contribution >= 0.6 is 22.6 Å². The van der Waals surface area contributed by atoms with Gasteiger partial charge in [0, 0.05) is 9.13 Å². The fourth-order valence-electron chi connectivity index (χ4n) is 0.869. The smallest absolute Gasteiger partial charge is 0.151 e. The number of ether oxygens (including phenoxy) is 1. The molecule has 0 unspecified atom stereocenters. The van der Waals surface area contributed by atoms with Crippen molar-refractivity contribution in [2.45, 2.75) is 6.92 Å². The van der Waals surface area contributed by atoms with Crippen LogP contribution in [0.2, 0.25) is 0 Å². The van der Waals surface area contributed by atoms with Gasteiger partial charge in [-0.15, -0.1) is 0 Å². The van der Waals surface area contributed by atoms with E-state index in [1.54, 1.807) is 6.07 Å². The molecule has 0 radical (unpaired) electrons. The van der Waals surface area contributed by atoms with Crippen LogP contribution in [0, 0.1) is 3.57 Å². The lowest BCUT2D eigenvalue weighted by atomic mass is 10.2. The molecule has 12 heavy (non-hydrogen) atoms. The second-order valence-electron chi connectivity index (χ2n) is 2.23. The van der Waals surface area contributed by atoms with E-state index in [1.807, 2.05) is 19.1 Å². The molecule has 0 heterocycles. The molecule has 1 aromatic carbocycles. The number of hydrogen-bond acceptors (Lipinski definition) is 2. The van der Waals surface area contributed by atoms with Crippen molar-refractivity contribution in [1.29, 1.82) is 0 Å². The highest BCUT2D eigenvalue weighted by Crippen LogP contribution is 2.17. The van der Waals surface area contributed by atoms with Crippen molar-refractivity contribution >= 4 is 28.9 Å². The summed E-state index contributed by atoms with van der Waals surface area (Å²) < 4.78 is 6.19. The third kappa shape index (κ3) is 2.20. The summed E-state index contributed by atoms with van der Waals surface area (Å²) in [6.07, 6.45) is 0.838. The lowest BCUT2D eigenvalue weighted by Gasteiger charge is -2.03. The Kier molecular flexibility index (Phi) is 3.52. The van der Waals surface area contributed by atoms with Crippen molar-refractivity contribution in [1.82, 2.24) is 0 Å². The number of carbonyl (C=O) groups excluding carboxylic acids is 1. The van der Waals surface area contributed by atoms with E-state index in [4.69, 9.17) is 4.74 Å². The van der Waals surface area contributed by atoms with Crippen molar-refractivity contribution in [3.63, 3.8) is 0 Å².